The van der Waals surface area contributed by atoms with Crippen molar-refractivity contribution in [1.82, 2.24) is 4.98 Å². The number of esters is 1. The topological polar surface area (TPSA) is 77.5 Å². The van der Waals surface area contributed by atoms with Crippen LogP contribution in [0.1, 0.15) is 10.4 Å². The van der Waals surface area contributed by atoms with Gasteiger partial charge in [0.25, 0.3) is 5.91 Å². The van der Waals surface area contributed by atoms with Gasteiger partial charge in [-0.1, -0.05) is 53.0 Å². The molecule has 0 spiro atoms. The third-order valence-electron chi connectivity index (χ3n) is 4.91. The second-order valence-electron chi connectivity index (χ2n) is 7.17. The van der Waals surface area contributed by atoms with E-state index in [0.29, 0.717) is 48.7 Å². The summed E-state index contributed by atoms with van der Waals surface area (Å²) in [5.74, 6) is -0.805. The molecule has 0 bridgehead atoms. The first-order valence-corrected chi connectivity index (χ1v) is 11.1. The molecule has 0 saturated heterocycles. The number of nitrogens with zero attached hydrogens (tertiary/aromatic N) is 1. The molecule has 1 N–H and O–H groups in total. The maximum Gasteiger partial charge on any atom is 0.339 e. The first-order chi connectivity index (χ1) is 16.4. The van der Waals surface area contributed by atoms with Crippen LogP contribution in [0.25, 0.3) is 22.2 Å². The van der Waals surface area contributed by atoms with Gasteiger partial charge in [0.2, 0.25) is 0 Å². The SMILES string of the molecule is COc1ccc(Cl)cc1NC(=O)COC(=O)c1cc(-c2ccc(Cl)cc2Cl)nc2ccccc12. The minimum Gasteiger partial charge on any atom is -0.495 e. The molecule has 172 valence electrons. The third kappa shape index (κ3) is 5.25. The minimum atomic E-state index is -0.682. The van der Waals surface area contributed by atoms with Crippen molar-refractivity contribution < 1.29 is 19.1 Å². The number of anilines is 1. The van der Waals surface area contributed by atoms with Crippen LogP contribution in [0.15, 0.2) is 66.7 Å². The highest BCUT2D eigenvalue weighted by Crippen LogP contribution is 2.32. The van der Waals surface area contributed by atoms with Gasteiger partial charge in [-0.15, -0.1) is 0 Å². The molecule has 4 aromatic rings. The van der Waals surface area contributed by atoms with Crippen LogP contribution >= 0.6 is 34.8 Å². The number of fused-ring (bicyclic) bond motifs is 1. The zero-order valence-electron chi connectivity index (χ0n) is 17.8. The lowest BCUT2D eigenvalue weighted by atomic mass is 10.0. The van der Waals surface area contributed by atoms with Crippen molar-refractivity contribution in [2.45, 2.75) is 0 Å². The zero-order chi connectivity index (χ0) is 24.2. The van der Waals surface area contributed by atoms with E-state index in [0.717, 1.165) is 0 Å². The van der Waals surface area contributed by atoms with Gasteiger partial charge in [0, 0.05) is 21.0 Å². The Morgan fingerprint density at radius 3 is 2.44 bits per heavy atom. The molecule has 1 aromatic heterocycles. The average molecular weight is 516 g/mol. The number of aromatic nitrogens is 1. The summed E-state index contributed by atoms with van der Waals surface area (Å²) in [6, 6.07) is 18.5. The Labute approximate surface area is 210 Å². The number of carbonyl (C=O) groups is 2. The summed E-state index contributed by atoms with van der Waals surface area (Å²) < 4.78 is 10.5. The molecule has 3 aromatic carbocycles. The maximum atomic E-state index is 13.0. The van der Waals surface area contributed by atoms with Crippen molar-refractivity contribution in [3.63, 3.8) is 0 Å². The van der Waals surface area contributed by atoms with Gasteiger partial charge in [-0.25, -0.2) is 9.78 Å². The summed E-state index contributed by atoms with van der Waals surface area (Å²) in [5.41, 5.74) is 2.27. The molecule has 0 saturated carbocycles. The largest absolute Gasteiger partial charge is 0.495 e. The summed E-state index contributed by atoms with van der Waals surface area (Å²) in [6.45, 7) is -0.512. The smallest absolute Gasteiger partial charge is 0.339 e. The molecule has 0 aliphatic heterocycles. The number of hydrogen-bond donors (Lipinski definition) is 1. The van der Waals surface area contributed by atoms with E-state index in [9.17, 15) is 9.59 Å². The molecule has 0 aliphatic carbocycles. The Hall–Kier alpha value is -3.32. The van der Waals surface area contributed by atoms with E-state index < -0.39 is 18.5 Å². The summed E-state index contributed by atoms with van der Waals surface area (Å²) in [4.78, 5) is 30.0. The average Bonchev–Trinajstić information content (AvgIpc) is 2.82. The molecule has 1 amide bonds. The van der Waals surface area contributed by atoms with Gasteiger partial charge in [0.1, 0.15) is 5.75 Å². The number of amides is 1. The van der Waals surface area contributed by atoms with Crippen molar-refractivity contribution in [2.75, 3.05) is 19.0 Å². The minimum absolute atomic E-state index is 0.250. The highest BCUT2D eigenvalue weighted by molar-refractivity contribution is 6.36. The Morgan fingerprint density at radius 1 is 0.941 bits per heavy atom. The number of hydrogen-bond acceptors (Lipinski definition) is 5. The lowest BCUT2D eigenvalue weighted by molar-refractivity contribution is -0.119. The fourth-order valence-corrected chi connectivity index (χ4v) is 4.03. The van der Waals surface area contributed by atoms with Crippen LogP contribution in [0, 0.1) is 0 Å². The quantitative estimate of drug-likeness (QED) is 0.290. The molecule has 0 unspecified atom stereocenters. The number of rotatable bonds is 6. The third-order valence-corrected chi connectivity index (χ3v) is 5.70. The predicted molar refractivity (Wildman–Crippen MR) is 134 cm³/mol. The van der Waals surface area contributed by atoms with Crippen LogP contribution in [0.4, 0.5) is 5.69 Å². The van der Waals surface area contributed by atoms with Crippen molar-refractivity contribution in [3.8, 4) is 17.0 Å². The zero-order valence-corrected chi connectivity index (χ0v) is 20.0. The number of ether oxygens (including phenoxy) is 2. The van der Waals surface area contributed by atoms with Gasteiger partial charge in [0.05, 0.1) is 34.6 Å². The highest BCUT2D eigenvalue weighted by atomic mass is 35.5. The lowest BCUT2D eigenvalue weighted by Gasteiger charge is -2.12. The van der Waals surface area contributed by atoms with Gasteiger partial charge in [0.15, 0.2) is 6.61 Å². The van der Waals surface area contributed by atoms with Crippen molar-refractivity contribution in [2.24, 2.45) is 0 Å². The molecular weight excluding hydrogens is 499 g/mol. The van der Waals surface area contributed by atoms with E-state index in [4.69, 9.17) is 44.3 Å². The molecule has 0 atom stereocenters. The Morgan fingerprint density at radius 2 is 1.68 bits per heavy atom. The molecule has 0 radical (unpaired) electrons. The predicted octanol–water partition coefficient (Wildman–Crippen LogP) is 6.67. The first kappa shape index (κ1) is 23.8. The summed E-state index contributed by atoms with van der Waals surface area (Å²) in [5, 5.41) is 4.51. The molecule has 4 rings (SSSR count). The molecule has 9 heteroatoms. The van der Waals surface area contributed by atoms with Gasteiger partial charge >= 0.3 is 5.97 Å². The molecule has 34 heavy (non-hydrogen) atoms. The summed E-state index contributed by atoms with van der Waals surface area (Å²) in [6.07, 6.45) is 0. The fourth-order valence-electron chi connectivity index (χ4n) is 3.35. The molecule has 0 aliphatic rings. The highest BCUT2D eigenvalue weighted by Gasteiger charge is 2.18. The van der Waals surface area contributed by atoms with E-state index in [1.165, 1.54) is 7.11 Å². The first-order valence-electron chi connectivity index (χ1n) is 10.0. The second kappa shape index (κ2) is 10.3. The van der Waals surface area contributed by atoms with Crippen molar-refractivity contribution in [3.05, 3.63) is 87.4 Å². The number of pyridine rings is 1. The van der Waals surface area contributed by atoms with Crippen LogP contribution in [0.3, 0.4) is 0 Å². The number of halogens is 3. The molecule has 0 fully saturated rings. The number of benzene rings is 3. The van der Waals surface area contributed by atoms with Crippen LogP contribution in [0.2, 0.25) is 15.1 Å². The number of para-hydroxylation sites is 1. The Balaban J connectivity index is 1.59. The van der Waals surface area contributed by atoms with E-state index in [-0.39, 0.29) is 5.56 Å². The Kier molecular flexibility index (Phi) is 7.22. The maximum absolute atomic E-state index is 13.0. The van der Waals surface area contributed by atoms with E-state index in [1.54, 1.807) is 60.7 Å². The Bertz CT molecular complexity index is 1410. The van der Waals surface area contributed by atoms with Crippen molar-refractivity contribution in [1.29, 1.82) is 0 Å². The van der Waals surface area contributed by atoms with Gasteiger partial charge in [-0.05, 0) is 48.5 Å². The normalized spacial score (nSPS) is 10.7. The summed E-state index contributed by atoms with van der Waals surface area (Å²) in [7, 11) is 1.47. The fraction of sp³-hybridized carbons (Fsp3) is 0.0800. The number of carbonyl (C=O) groups excluding carboxylic acids is 2. The molecule has 6 nitrogen and oxygen atoms in total. The molecular formula is C25H17Cl3N2O4. The molecule has 1 heterocycles. The van der Waals surface area contributed by atoms with E-state index in [2.05, 4.69) is 10.3 Å². The number of methoxy groups -OCH3 is 1. The van der Waals surface area contributed by atoms with Gasteiger partial charge in [-0.2, -0.15) is 0 Å². The van der Waals surface area contributed by atoms with Gasteiger partial charge < -0.3 is 14.8 Å². The van der Waals surface area contributed by atoms with Crippen LogP contribution in [-0.2, 0) is 9.53 Å². The van der Waals surface area contributed by atoms with Crippen LogP contribution in [-0.4, -0.2) is 30.6 Å². The lowest BCUT2D eigenvalue weighted by Crippen LogP contribution is -2.21. The monoisotopic (exact) mass is 514 g/mol. The standard InChI is InChI=1S/C25H17Cl3N2O4/c1-33-23-9-7-15(27)11-22(23)30-24(31)13-34-25(32)18-12-21(17-8-6-14(26)10-19(17)28)29-20-5-3-2-4-16(18)20/h2-12H,13H2,1H3,(H,30,31). The van der Waals surface area contributed by atoms with E-state index in [1.807, 2.05) is 6.07 Å². The summed E-state index contributed by atoms with van der Waals surface area (Å²) >= 11 is 18.3. The van der Waals surface area contributed by atoms with Gasteiger partial charge in [-0.3, -0.25) is 4.79 Å². The second-order valence-corrected chi connectivity index (χ2v) is 8.45. The van der Waals surface area contributed by atoms with Crippen LogP contribution < -0.4 is 10.1 Å². The number of nitrogens with one attached hydrogen (secondary N) is 1. The van der Waals surface area contributed by atoms with Crippen LogP contribution in [0.5, 0.6) is 5.75 Å². The van der Waals surface area contributed by atoms with E-state index >= 15 is 0 Å². The van der Waals surface area contributed by atoms with Crippen molar-refractivity contribution >= 4 is 63.3 Å².